The molecule has 50 heavy (non-hydrogen) atoms. The molecule has 248 valence electrons. The van der Waals surface area contributed by atoms with Gasteiger partial charge in [-0.25, -0.2) is 4.98 Å². The van der Waals surface area contributed by atoms with Gasteiger partial charge in [0.1, 0.15) is 18.1 Å². The number of carbonyl (C=O) groups is 3. The fourth-order valence-corrected chi connectivity index (χ4v) is 6.15. The third-order valence-electron chi connectivity index (χ3n) is 7.27. The van der Waals surface area contributed by atoms with Crippen LogP contribution in [0.2, 0.25) is 0 Å². The molecule has 0 bridgehead atoms. The Hall–Kier alpha value is -5.97. The summed E-state index contributed by atoms with van der Waals surface area (Å²) in [7, 11) is 0. The molecule has 0 unspecified atom stereocenters. The molecule has 0 saturated carbocycles. The Morgan fingerprint density at radius 2 is 1.40 bits per heavy atom. The number of ether oxygens (including phenoxy) is 1. The van der Waals surface area contributed by atoms with E-state index >= 15 is 0 Å². The molecule has 3 N–H and O–H groups in total. The van der Waals surface area contributed by atoms with Crippen molar-refractivity contribution in [1.82, 2.24) is 10.3 Å². The van der Waals surface area contributed by atoms with Crippen LogP contribution in [-0.2, 0) is 16.2 Å². The van der Waals surface area contributed by atoms with Crippen LogP contribution in [0.5, 0.6) is 5.75 Å². The lowest BCUT2D eigenvalue weighted by Crippen LogP contribution is -2.30. The van der Waals surface area contributed by atoms with Crippen molar-refractivity contribution in [1.29, 1.82) is 0 Å². The summed E-state index contributed by atoms with van der Waals surface area (Å²) in [5, 5.41) is 10.9. The normalized spacial score (nSPS) is 11.0. The first-order valence-electron chi connectivity index (χ1n) is 15.7. The van der Waals surface area contributed by atoms with Gasteiger partial charge in [0.25, 0.3) is 11.8 Å². The zero-order valence-corrected chi connectivity index (χ0v) is 28.4. The monoisotopic (exact) mass is 696 g/mol. The molecule has 0 aliphatic rings. The van der Waals surface area contributed by atoms with Gasteiger partial charge in [-0.3, -0.25) is 14.4 Å². The zero-order chi connectivity index (χ0) is 34.5. The number of hydrogen-bond donors (Lipinski definition) is 3. The van der Waals surface area contributed by atoms with Crippen LogP contribution in [0.4, 0.5) is 10.8 Å². The summed E-state index contributed by atoms with van der Waals surface area (Å²) < 4.78 is 5.89. The van der Waals surface area contributed by atoms with E-state index in [0.717, 1.165) is 21.7 Å². The van der Waals surface area contributed by atoms with Gasteiger partial charge < -0.3 is 20.7 Å². The largest absolute Gasteiger partial charge is 0.489 e. The summed E-state index contributed by atoms with van der Waals surface area (Å²) in [4.78, 5) is 44.5. The minimum atomic E-state index is -0.489. The first-order valence-corrected chi connectivity index (χ1v) is 17.5. The van der Waals surface area contributed by atoms with Gasteiger partial charge in [-0.2, -0.15) is 0 Å². The van der Waals surface area contributed by atoms with Crippen molar-refractivity contribution >= 4 is 57.7 Å². The fraction of sp³-hybridized carbons (Fsp3) is 0.0500. The molecule has 0 radical (unpaired) electrons. The minimum Gasteiger partial charge on any atom is -0.489 e. The highest BCUT2D eigenvalue weighted by Gasteiger charge is 2.16. The van der Waals surface area contributed by atoms with Crippen LogP contribution >= 0.6 is 23.1 Å². The molecular weight excluding hydrogens is 665 g/mol. The third-order valence-corrected chi connectivity index (χ3v) is 9.04. The molecule has 1 aromatic heterocycles. The Labute approximate surface area is 298 Å². The number of hydrogen-bond acceptors (Lipinski definition) is 7. The topological polar surface area (TPSA) is 109 Å². The van der Waals surface area contributed by atoms with Gasteiger partial charge in [0.05, 0.1) is 11.4 Å². The molecule has 1 heterocycles. The van der Waals surface area contributed by atoms with E-state index in [0.29, 0.717) is 34.3 Å². The Bertz CT molecular complexity index is 2070. The Kier molecular flexibility index (Phi) is 11.5. The maximum absolute atomic E-state index is 13.5. The molecule has 0 aliphatic carbocycles. The van der Waals surface area contributed by atoms with E-state index in [1.165, 1.54) is 23.1 Å². The summed E-state index contributed by atoms with van der Waals surface area (Å²) in [5.41, 5.74) is 4.60. The smallest absolute Gasteiger partial charge is 0.272 e. The predicted octanol–water partition coefficient (Wildman–Crippen LogP) is 8.53. The Balaban J connectivity index is 1.07. The van der Waals surface area contributed by atoms with Gasteiger partial charge in [0.2, 0.25) is 5.91 Å². The number of benzene rings is 5. The van der Waals surface area contributed by atoms with Gasteiger partial charge >= 0.3 is 0 Å². The molecule has 5 aromatic carbocycles. The average Bonchev–Trinajstić information content (AvgIpc) is 3.63. The van der Waals surface area contributed by atoms with E-state index < -0.39 is 11.8 Å². The quantitative estimate of drug-likeness (QED) is 0.0825. The first kappa shape index (κ1) is 33.9. The van der Waals surface area contributed by atoms with Gasteiger partial charge in [0, 0.05) is 27.1 Å². The van der Waals surface area contributed by atoms with E-state index in [2.05, 4.69) is 20.9 Å². The lowest BCUT2D eigenvalue weighted by atomic mass is 10.1. The number of aromatic nitrogens is 1. The molecule has 0 saturated heterocycles. The van der Waals surface area contributed by atoms with E-state index in [-0.39, 0.29) is 17.4 Å². The number of thiazole rings is 1. The zero-order valence-electron chi connectivity index (χ0n) is 26.7. The lowest BCUT2D eigenvalue weighted by molar-refractivity contribution is -0.114. The molecule has 0 spiro atoms. The van der Waals surface area contributed by atoms with Crippen LogP contribution in [0.25, 0.3) is 17.3 Å². The van der Waals surface area contributed by atoms with Crippen molar-refractivity contribution < 1.29 is 19.1 Å². The molecule has 0 atom stereocenters. The maximum atomic E-state index is 13.5. The fourth-order valence-electron chi connectivity index (χ4n) is 4.72. The molecule has 0 fully saturated rings. The van der Waals surface area contributed by atoms with Gasteiger partial charge in [-0.15, -0.1) is 23.1 Å². The minimum absolute atomic E-state index is 0.0736. The second-order valence-electron chi connectivity index (χ2n) is 10.9. The Morgan fingerprint density at radius 1 is 0.740 bits per heavy atom. The van der Waals surface area contributed by atoms with Crippen molar-refractivity contribution in [2.45, 2.75) is 11.5 Å². The SMILES string of the molecule is O=C(CSc1ccc(NC(=O)/C(=C/c2ccc(OCc3ccccc3)cc2)NC(=O)c2ccccc2)cc1)Nc1nc(-c2ccccc2)cs1. The summed E-state index contributed by atoms with van der Waals surface area (Å²) in [6.45, 7) is 0.434. The summed E-state index contributed by atoms with van der Waals surface area (Å²) in [6, 6.07) is 42.8. The lowest BCUT2D eigenvalue weighted by Gasteiger charge is -2.12. The van der Waals surface area contributed by atoms with Gasteiger partial charge in [0.15, 0.2) is 5.13 Å². The number of carbonyl (C=O) groups excluding carboxylic acids is 3. The molecule has 10 heteroatoms. The molecular formula is C40H32N4O4S2. The van der Waals surface area contributed by atoms with Crippen molar-refractivity contribution in [2.75, 3.05) is 16.4 Å². The van der Waals surface area contributed by atoms with Gasteiger partial charge in [-0.05, 0) is 65.7 Å². The number of amides is 3. The van der Waals surface area contributed by atoms with Crippen molar-refractivity contribution in [2.24, 2.45) is 0 Å². The van der Waals surface area contributed by atoms with Crippen LogP contribution in [0.15, 0.2) is 155 Å². The Morgan fingerprint density at radius 3 is 2.10 bits per heavy atom. The predicted molar refractivity (Wildman–Crippen MR) is 201 cm³/mol. The van der Waals surface area contributed by atoms with Crippen LogP contribution in [0.1, 0.15) is 21.5 Å². The van der Waals surface area contributed by atoms with Crippen LogP contribution in [-0.4, -0.2) is 28.5 Å². The number of anilines is 2. The number of nitrogens with one attached hydrogen (secondary N) is 3. The van der Waals surface area contributed by atoms with Crippen LogP contribution in [0.3, 0.4) is 0 Å². The second kappa shape index (κ2) is 16.9. The van der Waals surface area contributed by atoms with Crippen molar-refractivity contribution in [3.63, 3.8) is 0 Å². The molecule has 0 aliphatic heterocycles. The standard InChI is InChI=1S/C40H32N4O4S2/c45-37(44-40-43-36(26-50-40)30-12-6-2-7-13-30)27-49-34-22-18-32(19-23-34)41-39(47)35(42-38(46)31-14-8-3-9-15-31)24-28-16-20-33(21-17-28)48-25-29-10-4-1-5-11-29/h1-24,26H,25,27H2,(H,41,47)(H,42,46)(H,43,44,45)/b35-24-. The second-order valence-corrected chi connectivity index (χ2v) is 12.8. The molecule has 6 rings (SSSR count). The number of rotatable bonds is 13. The maximum Gasteiger partial charge on any atom is 0.272 e. The highest BCUT2D eigenvalue weighted by atomic mass is 32.2. The van der Waals surface area contributed by atoms with Crippen molar-refractivity contribution in [3.05, 3.63) is 167 Å². The number of thioether (sulfide) groups is 1. The van der Waals surface area contributed by atoms with Gasteiger partial charge in [-0.1, -0.05) is 91.0 Å². The van der Waals surface area contributed by atoms with Crippen molar-refractivity contribution in [3.8, 4) is 17.0 Å². The summed E-state index contributed by atoms with van der Waals surface area (Å²) in [5.74, 6) is -0.187. The van der Waals surface area contributed by atoms with Crippen LogP contribution < -0.4 is 20.7 Å². The van der Waals surface area contributed by atoms with E-state index in [9.17, 15) is 14.4 Å². The summed E-state index contributed by atoms with van der Waals surface area (Å²) >= 11 is 2.75. The van der Waals surface area contributed by atoms with Crippen LogP contribution in [0, 0.1) is 0 Å². The molecule has 8 nitrogen and oxygen atoms in total. The average molecular weight is 697 g/mol. The van der Waals surface area contributed by atoms with E-state index in [1.54, 1.807) is 42.5 Å². The molecule has 3 amide bonds. The third kappa shape index (κ3) is 9.79. The summed E-state index contributed by atoms with van der Waals surface area (Å²) in [6.07, 6.45) is 1.62. The molecule has 6 aromatic rings. The van der Waals surface area contributed by atoms with E-state index in [1.807, 2.05) is 109 Å². The number of nitrogens with zero attached hydrogens (tertiary/aromatic N) is 1. The highest BCUT2D eigenvalue weighted by Crippen LogP contribution is 2.26. The highest BCUT2D eigenvalue weighted by molar-refractivity contribution is 8.00. The first-order chi connectivity index (χ1) is 24.5. The van der Waals surface area contributed by atoms with E-state index in [4.69, 9.17) is 4.74 Å².